The minimum absolute atomic E-state index is 0.118. The summed E-state index contributed by atoms with van der Waals surface area (Å²) in [7, 11) is 0. The fraction of sp³-hybridized carbons (Fsp3) is 0.130. The molecule has 3 N–H and O–H groups in total. The lowest BCUT2D eigenvalue weighted by Gasteiger charge is -2.08. The van der Waals surface area contributed by atoms with Gasteiger partial charge in [0.15, 0.2) is 0 Å². The highest BCUT2D eigenvalue weighted by Gasteiger charge is 2.09. The van der Waals surface area contributed by atoms with Crippen molar-refractivity contribution in [2.24, 2.45) is 0 Å². The van der Waals surface area contributed by atoms with Crippen LogP contribution in [0.2, 0.25) is 0 Å². The van der Waals surface area contributed by atoms with Crippen LogP contribution in [0, 0.1) is 0 Å². The molecule has 1 heterocycles. The molecule has 1 aromatic heterocycles. The zero-order valence-corrected chi connectivity index (χ0v) is 15.8. The Morgan fingerprint density at radius 3 is 2.48 bits per heavy atom. The van der Waals surface area contributed by atoms with Crippen molar-refractivity contribution in [3.63, 3.8) is 0 Å². The molecule has 0 atom stereocenters. The topological polar surface area (TPSA) is 87.1 Å². The number of imidazole rings is 1. The number of nitrogens with one attached hydrogen (secondary N) is 2. The second-order valence-corrected chi connectivity index (χ2v) is 6.90. The molecule has 0 radical (unpaired) electrons. The molecule has 6 heteroatoms. The van der Waals surface area contributed by atoms with Crippen molar-refractivity contribution in [2.75, 3.05) is 0 Å². The lowest BCUT2D eigenvalue weighted by atomic mass is 10.1. The fourth-order valence-corrected chi connectivity index (χ4v) is 3.31. The molecule has 0 fully saturated rings. The number of phenols is 1. The quantitative estimate of drug-likeness (QED) is 0.475. The number of carbonyl (C=O) groups excluding carboxylic acids is 1. The summed E-state index contributed by atoms with van der Waals surface area (Å²) in [6, 6.07) is 21.8. The number of benzene rings is 3. The molecule has 0 aliphatic carbocycles. The van der Waals surface area contributed by atoms with Crippen LogP contribution in [0.15, 0.2) is 77.6 Å². The predicted molar refractivity (Wildman–Crippen MR) is 112 cm³/mol. The van der Waals surface area contributed by atoms with E-state index < -0.39 is 0 Å². The Morgan fingerprint density at radius 2 is 1.72 bits per heavy atom. The summed E-state index contributed by atoms with van der Waals surface area (Å²) < 4.78 is 1.73. The third kappa shape index (κ3) is 4.21. The van der Waals surface area contributed by atoms with Crippen LogP contribution in [0.25, 0.3) is 11.0 Å². The number of aryl methyl sites for hydroxylation is 2. The second kappa shape index (κ2) is 8.06. The van der Waals surface area contributed by atoms with E-state index in [2.05, 4.69) is 10.3 Å². The third-order valence-electron chi connectivity index (χ3n) is 4.89. The summed E-state index contributed by atoms with van der Waals surface area (Å²) in [5.74, 6) is -0.103. The van der Waals surface area contributed by atoms with Crippen LogP contribution < -0.4 is 11.0 Å². The molecule has 0 aliphatic heterocycles. The van der Waals surface area contributed by atoms with Crippen LogP contribution in [0.5, 0.6) is 5.75 Å². The van der Waals surface area contributed by atoms with Gasteiger partial charge in [-0.05, 0) is 53.9 Å². The molecule has 4 aromatic rings. The maximum Gasteiger partial charge on any atom is 0.326 e. The van der Waals surface area contributed by atoms with E-state index in [4.69, 9.17) is 0 Å². The van der Waals surface area contributed by atoms with Gasteiger partial charge in [0.2, 0.25) is 0 Å². The molecule has 6 nitrogen and oxygen atoms in total. The first-order chi connectivity index (χ1) is 14.1. The molecule has 3 aromatic carbocycles. The van der Waals surface area contributed by atoms with E-state index in [1.54, 1.807) is 16.7 Å². The van der Waals surface area contributed by atoms with Crippen LogP contribution in [-0.2, 0) is 19.5 Å². The number of aromatic hydroxyl groups is 1. The summed E-state index contributed by atoms with van der Waals surface area (Å²) in [4.78, 5) is 27.5. The van der Waals surface area contributed by atoms with Crippen molar-refractivity contribution >= 4 is 16.9 Å². The Balaban J connectivity index is 1.50. The summed E-state index contributed by atoms with van der Waals surface area (Å²) in [6.07, 6.45) is 0.759. The summed E-state index contributed by atoms with van der Waals surface area (Å²) in [5, 5.41) is 12.2. The van der Waals surface area contributed by atoms with Gasteiger partial charge in [-0.25, -0.2) is 4.79 Å². The van der Waals surface area contributed by atoms with Crippen LogP contribution in [0.4, 0.5) is 0 Å². The number of carbonyl (C=O) groups is 1. The molecule has 0 bridgehead atoms. The first-order valence-corrected chi connectivity index (χ1v) is 9.43. The van der Waals surface area contributed by atoms with E-state index in [0.717, 1.165) is 23.0 Å². The van der Waals surface area contributed by atoms with Crippen molar-refractivity contribution in [1.29, 1.82) is 0 Å². The molecule has 0 unspecified atom stereocenters. The zero-order chi connectivity index (χ0) is 20.2. The lowest BCUT2D eigenvalue weighted by molar-refractivity contribution is 0.0951. The Labute approximate surface area is 167 Å². The van der Waals surface area contributed by atoms with E-state index in [0.29, 0.717) is 18.7 Å². The third-order valence-corrected chi connectivity index (χ3v) is 4.89. The average molecular weight is 387 g/mol. The highest BCUT2D eigenvalue weighted by molar-refractivity contribution is 5.94. The fourth-order valence-electron chi connectivity index (χ4n) is 3.31. The van der Waals surface area contributed by atoms with Gasteiger partial charge in [-0.15, -0.1) is 0 Å². The van der Waals surface area contributed by atoms with E-state index in [1.165, 1.54) is 17.7 Å². The van der Waals surface area contributed by atoms with E-state index >= 15 is 0 Å². The van der Waals surface area contributed by atoms with Crippen LogP contribution in [0.1, 0.15) is 21.5 Å². The second-order valence-electron chi connectivity index (χ2n) is 6.90. The number of aromatic amines is 1. The highest BCUT2D eigenvalue weighted by atomic mass is 16.3. The molecule has 29 heavy (non-hydrogen) atoms. The number of amides is 1. The molecule has 0 saturated heterocycles. The monoisotopic (exact) mass is 387 g/mol. The van der Waals surface area contributed by atoms with Crippen molar-refractivity contribution < 1.29 is 9.90 Å². The summed E-state index contributed by atoms with van der Waals surface area (Å²) in [6.45, 7) is 0.917. The number of rotatable bonds is 6. The Hall–Kier alpha value is -3.80. The minimum atomic E-state index is -0.222. The van der Waals surface area contributed by atoms with Crippen LogP contribution in [-0.4, -0.2) is 20.6 Å². The summed E-state index contributed by atoms with van der Waals surface area (Å²) in [5.41, 5.74) is 4.01. The minimum Gasteiger partial charge on any atom is -0.508 e. The molecule has 146 valence electrons. The Kier molecular flexibility index (Phi) is 5.16. The van der Waals surface area contributed by atoms with Crippen molar-refractivity contribution in [3.05, 3.63) is 100.0 Å². The maximum absolute atomic E-state index is 12.4. The smallest absolute Gasteiger partial charge is 0.326 e. The number of nitrogens with zero attached hydrogens (tertiary/aromatic N) is 1. The number of fused-ring (bicyclic) bond motifs is 1. The van der Waals surface area contributed by atoms with E-state index in [1.807, 2.05) is 48.5 Å². The van der Waals surface area contributed by atoms with Gasteiger partial charge in [-0.1, -0.05) is 36.4 Å². The molecule has 0 spiro atoms. The maximum atomic E-state index is 12.4. The van der Waals surface area contributed by atoms with Gasteiger partial charge in [-0.3, -0.25) is 9.36 Å². The number of hydrogen-bond donors (Lipinski definition) is 3. The van der Waals surface area contributed by atoms with Gasteiger partial charge in [0.25, 0.3) is 5.91 Å². The molecule has 0 saturated carbocycles. The average Bonchev–Trinajstić information content (AvgIpc) is 3.06. The van der Waals surface area contributed by atoms with Gasteiger partial charge in [0, 0.05) is 18.7 Å². The zero-order valence-electron chi connectivity index (χ0n) is 15.8. The Morgan fingerprint density at radius 1 is 0.966 bits per heavy atom. The van der Waals surface area contributed by atoms with Crippen LogP contribution >= 0.6 is 0 Å². The first kappa shape index (κ1) is 18.6. The van der Waals surface area contributed by atoms with E-state index in [-0.39, 0.29) is 17.3 Å². The molecule has 0 aliphatic rings. The molecule has 1 amide bonds. The Bertz CT molecular complexity index is 1190. The van der Waals surface area contributed by atoms with Gasteiger partial charge in [-0.2, -0.15) is 0 Å². The normalized spacial score (nSPS) is 10.9. The number of H-pyrrole nitrogens is 1. The van der Waals surface area contributed by atoms with Crippen molar-refractivity contribution in [3.8, 4) is 5.75 Å². The number of hydrogen-bond acceptors (Lipinski definition) is 3. The standard InChI is InChI=1S/C23H21N3O3/c27-19-9-7-18(8-10-19)22(28)24-15-17-6-11-20-21(14-17)26(23(29)25-20)13-12-16-4-2-1-3-5-16/h1-11,14,27H,12-13,15H2,(H,24,28)(H,25,29). The molecule has 4 rings (SSSR count). The number of aromatic nitrogens is 2. The predicted octanol–water partition coefficient (Wildman–Crippen LogP) is 3.21. The van der Waals surface area contributed by atoms with Gasteiger partial charge >= 0.3 is 5.69 Å². The molecular weight excluding hydrogens is 366 g/mol. The largest absolute Gasteiger partial charge is 0.508 e. The summed E-state index contributed by atoms with van der Waals surface area (Å²) >= 11 is 0. The van der Waals surface area contributed by atoms with Gasteiger partial charge in [0.05, 0.1) is 11.0 Å². The van der Waals surface area contributed by atoms with E-state index in [9.17, 15) is 14.7 Å². The highest BCUT2D eigenvalue weighted by Crippen LogP contribution is 2.15. The SMILES string of the molecule is O=C(NCc1ccc2[nH]c(=O)n(CCc3ccccc3)c2c1)c1ccc(O)cc1. The molecular formula is C23H21N3O3. The van der Waals surface area contributed by atoms with Gasteiger partial charge < -0.3 is 15.4 Å². The lowest BCUT2D eigenvalue weighted by Crippen LogP contribution is -2.22. The number of phenolic OH excluding ortho intramolecular Hbond substituents is 1. The first-order valence-electron chi connectivity index (χ1n) is 9.43. The van der Waals surface area contributed by atoms with Crippen molar-refractivity contribution in [1.82, 2.24) is 14.9 Å². The van der Waals surface area contributed by atoms with Crippen molar-refractivity contribution in [2.45, 2.75) is 19.5 Å². The van der Waals surface area contributed by atoms with Gasteiger partial charge in [0.1, 0.15) is 5.75 Å². The van der Waals surface area contributed by atoms with Crippen LogP contribution in [0.3, 0.4) is 0 Å².